The second kappa shape index (κ2) is 12.5. The van der Waals surface area contributed by atoms with Crippen LogP contribution in [0.2, 0.25) is 0 Å². The molecule has 0 aliphatic heterocycles. The number of unbranched alkanes of at least 4 members (excludes halogenated alkanes) is 5. The van der Waals surface area contributed by atoms with Crippen LogP contribution in [-0.2, 0) is 0 Å². The van der Waals surface area contributed by atoms with Crippen molar-refractivity contribution >= 4 is 0 Å². The molecule has 0 saturated carbocycles. The van der Waals surface area contributed by atoms with E-state index in [-0.39, 0.29) is 0 Å². The van der Waals surface area contributed by atoms with Crippen LogP contribution < -0.4 is 0 Å². The SMILES string of the molecule is CCCCCCC(CCCCC)CC(C)CC. The minimum absolute atomic E-state index is 0.938. The third-order valence-corrected chi connectivity index (χ3v) is 4.11. The Morgan fingerprint density at radius 1 is 0.706 bits per heavy atom. The molecule has 0 heterocycles. The lowest BCUT2D eigenvalue weighted by Crippen LogP contribution is -2.06. The highest BCUT2D eigenvalue weighted by atomic mass is 14.2. The van der Waals surface area contributed by atoms with Crippen molar-refractivity contribution in [1.82, 2.24) is 0 Å². The van der Waals surface area contributed by atoms with Crippen LogP contribution >= 0.6 is 0 Å². The van der Waals surface area contributed by atoms with Crippen LogP contribution in [0, 0.1) is 11.8 Å². The van der Waals surface area contributed by atoms with Crippen LogP contribution in [0.25, 0.3) is 0 Å². The molecule has 0 amide bonds. The van der Waals surface area contributed by atoms with E-state index in [0.717, 1.165) is 11.8 Å². The van der Waals surface area contributed by atoms with Gasteiger partial charge in [-0.1, -0.05) is 91.9 Å². The molecule has 0 rings (SSSR count). The van der Waals surface area contributed by atoms with E-state index >= 15 is 0 Å². The molecule has 0 fully saturated rings. The predicted molar refractivity (Wildman–Crippen MR) is 80.5 cm³/mol. The van der Waals surface area contributed by atoms with Crippen molar-refractivity contribution in [3.05, 3.63) is 0 Å². The van der Waals surface area contributed by atoms with E-state index in [2.05, 4.69) is 27.7 Å². The summed E-state index contributed by atoms with van der Waals surface area (Å²) in [7, 11) is 0. The van der Waals surface area contributed by atoms with Crippen molar-refractivity contribution in [3.8, 4) is 0 Å². The zero-order valence-electron chi connectivity index (χ0n) is 12.9. The van der Waals surface area contributed by atoms with Crippen LogP contribution in [0.1, 0.15) is 98.3 Å². The van der Waals surface area contributed by atoms with Gasteiger partial charge in [0.25, 0.3) is 0 Å². The molecule has 2 unspecified atom stereocenters. The highest BCUT2D eigenvalue weighted by Gasteiger charge is 2.11. The molecule has 0 heteroatoms. The van der Waals surface area contributed by atoms with E-state index in [1.54, 1.807) is 0 Å². The molecule has 0 nitrogen and oxygen atoms in total. The normalized spacial score (nSPS) is 14.8. The lowest BCUT2D eigenvalue weighted by Gasteiger charge is -2.20. The van der Waals surface area contributed by atoms with Gasteiger partial charge in [0, 0.05) is 0 Å². The van der Waals surface area contributed by atoms with Crippen molar-refractivity contribution < 1.29 is 0 Å². The van der Waals surface area contributed by atoms with Gasteiger partial charge in [-0.15, -0.1) is 0 Å². The third kappa shape index (κ3) is 10.9. The molecule has 17 heavy (non-hydrogen) atoms. The Kier molecular flexibility index (Phi) is 12.5. The summed E-state index contributed by atoms with van der Waals surface area (Å²) in [6.45, 7) is 9.38. The topological polar surface area (TPSA) is 0 Å². The van der Waals surface area contributed by atoms with E-state index < -0.39 is 0 Å². The Labute approximate surface area is 111 Å². The van der Waals surface area contributed by atoms with E-state index in [9.17, 15) is 0 Å². The summed E-state index contributed by atoms with van der Waals surface area (Å²) >= 11 is 0. The summed E-state index contributed by atoms with van der Waals surface area (Å²) in [4.78, 5) is 0. The van der Waals surface area contributed by atoms with Gasteiger partial charge in [-0.3, -0.25) is 0 Å². The molecule has 0 aliphatic carbocycles. The number of rotatable bonds is 12. The first-order valence-electron chi connectivity index (χ1n) is 8.24. The van der Waals surface area contributed by atoms with Gasteiger partial charge in [0.1, 0.15) is 0 Å². The Balaban J connectivity index is 3.75. The average Bonchev–Trinajstić information content (AvgIpc) is 2.34. The fourth-order valence-electron chi connectivity index (χ4n) is 2.66. The van der Waals surface area contributed by atoms with Crippen molar-refractivity contribution in [2.75, 3.05) is 0 Å². The minimum atomic E-state index is 0.938. The molecule has 0 saturated heterocycles. The fraction of sp³-hybridized carbons (Fsp3) is 1.00. The maximum Gasteiger partial charge on any atom is -0.0412 e. The molecule has 0 spiro atoms. The molecule has 0 bridgehead atoms. The zero-order chi connectivity index (χ0) is 12.9. The van der Waals surface area contributed by atoms with Crippen molar-refractivity contribution in [2.45, 2.75) is 98.3 Å². The summed E-state index contributed by atoms with van der Waals surface area (Å²) in [5, 5.41) is 0. The van der Waals surface area contributed by atoms with Crippen LogP contribution in [-0.4, -0.2) is 0 Å². The van der Waals surface area contributed by atoms with E-state index in [1.807, 2.05) is 0 Å². The van der Waals surface area contributed by atoms with Gasteiger partial charge in [0.05, 0.1) is 0 Å². The third-order valence-electron chi connectivity index (χ3n) is 4.11. The first-order chi connectivity index (χ1) is 8.24. The Bertz CT molecular complexity index is 139. The Hall–Kier alpha value is 0. The van der Waals surface area contributed by atoms with Crippen molar-refractivity contribution in [2.24, 2.45) is 11.8 Å². The first kappa shape index (κ1) is 17.0. The number of hydrogen-bond acceptors (Lipinski definition) is 0. The van der Waals surface area contributed by atoms with Crippen LogP contribution in [0.4, 0.5) is 0 Å². The predicted octanol–water partition coefficient (Wildman–Crippen LogP) is 6.59. The monoisotopic (exact) mass is 240 g/mol. The van der Waals surface area contributed by atoms with Crippen molar-refractivity contribution in [1.29, 1.82) is 0 Å². The first-order valence-corrected chi connectivity index (χ1v) is 8.24. The highest BCUT2D eigenvalue weighted by Crippen LogP contribution is 2.25. The maximum atomic E-state index is 2.43. The second-order valence-corrected chi connectivity index (χ2v) is 5.96. The smallest absolute Gasteiger partial charge is 0.0412 e. The molecule has 0 aromatic carbocycles. The number of hydrogen-bond donors (Lipinski definition) is 0. The second-order valence-electron chi connectivity index (χ2n) is 5.96. The van der Waals surface area contributed by atoms with E-state index in [4.69, 9.17) is 0 Å². The largest absolute Gasteiger partial charge is 0.0654 e. The molecular formula is C17H36. The fourth-order valence-corrected chi connectivity index (χ4v) is 2.66. The summed E-state index contributed by atoms with van der Waals surface area (Å²) in [5.74, 6) is 1.96. The zero-order valence-corrected chi connectivity index (χ0v) is 12.9. The summed E-state index contributed by atoms with van der Waals surface area (Å²) in [6.07, 6.45) is 15.8. The van der Waals surface area contributed by atoms with Crippen molar-refractivity contribution in [3.63, 3.8) is 0 Å². The summed E-state index contributed by atoms with van der Waals surface area (Å²) < 4.78 is 0. The molecular weight excluding hydrogens is 204 g/mol. The molecule has 0 N–H and O–H groups in total. The molecule has 0 radical (unpaired) electrons. The van der Waals surface area contributed by atoms with Gasteiger partial charge in [-0.2, -0.15) is 0 Å². The maximum absolute atomic E-state index is 2.43. The van der Waals surface area contributed by atoms with E-state index in [1.165, 1.54) is 70.6 Å². The summed E-state index contributed by atoms with van der Waals surface area (Å²) in [6, 6.07) is 0. The lowest BCUT2D eigenvalue weighted by molar-refractivity contribution is 0.325. The average molecular weight is 240 g/mol. The lowest BCUT2D eigenvalue weighted by atomic mass is 9.86. The quantitative estimate of drug-likeness (QED) is 0.338. The van der Waals surface area contributed by atoms with Crippen LogP contribution in [0.15, 0.2) is 0 Å². The van der Waals surface area contributed by atoms with Gasteiger partial charge in [0.15, 0.2) is 0 Å². The van der Waals surface area contributed by atoms with Gasteiger partial charge in [-0.25, -0.2) is 0 Å². The minimum Gasteiger partial charge on any atom is -0.0654 e. The summed E-state index contributed by atoms with van der Waals surface area (Å²) in [5.41, 5.74) is 0. The van der Waals surface area contributed by atoms with Crippen LogP contribution in [0.3, 0.4) is 0 Å². The molecule has 2 atom stereocenters. The van der Waals surface area contributed by atoms with Gasteiger partial charge < -0.3 is 0 Å². The van der Waals surface area contributed by atoms with Gasteiger partial charge in [-0.05, 0) is 18.3 Å². The Morgan fingerprint density at radius 3 is 1.76 bits per heavy atom. The Morgan fingerprint density at radius 2 is 1.24 bits per heavy atom. The molecule has 0 aromatic heterocycles. The molecule has 0 aromatic rings. The van der Waals surface area contributed by atoms with Crippen LogP contribution in [0.5, 0.6) is 0 Å². The molecule has 0 aliphatic rings. The van der Waals surface area contributed by atoms with Gasteiger partial charge >= 0.3 is 0 Å². The van der Waals surface area contributed by atoms with Gasteiger partial charge in [0.2, 0.25) is 0 Å². The molecule has 104 valence electrons. The highest BCUT2D eigenvalue weighted by molar-refractivity contribution is 4.64. The van der Waals surface area contributed by atoms with E-state index in [0.29, 0.717) is 0 Å². The standard InChI is InChI=1S/C17H36/c1-5-8-10-12-14-17(13-11-9-6-2)15-16(4)7-3/h16-17H,5-15H2,1-4H3.